The zero-order chi connectivity index (χ0) is 14.0. The zero-order valence-corrected chi connectivity index (χ0v) is 12.3. The molecule has 1 amide bonds. The third-order valence-electron chi connectivity index (χ3n) is 3.05. The molecule has 0 atom stereocenters. The van der Waals surface area contributed by atoms with Gasteiger partial charge in [0.05, 0.1) is 10.6 Å². The van der Waals surface area contributed by atoms with Gasteiger partial charge in [-0.1, -0.05) is 23.7 Å². The molecule has 1 N–H and O–H groups in total. The molecule has 0 radical (unpaired) electrons. The van der Waals surface area contributed by atoms with Crippen LogP contribution < -0.4 is 5.32 Å². The molecule has 0 aromatic heterocycles. The number of carbonyl (C=O) groups excluding carboxylic acids is 1. The van der Waals surface area contributed by atoms with Crippen LogP contribution in [0.4, 0.5) is 5.69 Å². The number of carbonyl (C=O) groups is 1. The molecule has 0 saturated heterocycles. The molecule has 4 heteroatoms. The Hall–Kier alpha value is -1.45. The quantitative estimate of drug-likeness (QED) is 0.784. The Kier molecular flexibility index (Phi) is 4.17. The topological polar surface area (TPSA) is 29.1 Å². The third kappa shape index (κ3) is 3.11. The summed E-state index contributed by atoms with van der Waals surface area (Å²) in [7, 11) is 0. The first-order valence-electron chi connectivity index (χ1n) is 5.85. The Balaban J connectivity index is 2.31. The number of benzene rings is 2. The first-order valence-corrected chi connectivity index (χ1v) is 6.67. The molecule has 0 aliphatic heterocycles. The fraction of sp³-hybridized carbons (Fsp3) is 0.133. The van der Waals surface area contributed by atoms with Gasteiger partial charge in [0.15, 0.2) is 0 Å². The molecule has 2 rings (SSSR count). The number of rotatable bonds is 2. The number of nitrogens with one attached hydrogen (secondary N) is 1. The third-order valence-corrected chi connectivity index (χ3v) is 3.66. The number of halogens is 1. The Bertz CT molecular complexity index is 640. The molecule has 0 fully saturated rings. The van der Waals surface area contributed by atoms with E-state index in [1.807, 2.05) is 32.0 Å². The van der Waals surface area contributed by atoms with Crippen molar-refractivity contribution in [1.29, 1.82) is 0 Å². The van der Waals surface area contributed by atoms with Crippen molar-refractivity contribution in [2.75, 3.05) is 5.32 Å². The number of hydrogen-bond donors (Lipinski definition) is 2. The van der Waals surface area contributed by atoms with Crippen LogP contribution in [0.2, 0.25) is 5.02 Å². The largest absolute Gasteiger partial charge is 0.322 e. The lowest BCUT2D eigenvalue weighted by atomic mass is 10.1. The molecule has 19 heavy (non-hydrogen) atoms. The van der Waals surface area contributed by atoms with Crippen molar-refractivity contribution >= 4 is 35.8 Å². The van der Waals surface area contributed by atoms with Crippen LogP contribution in [0.25, 0.3) is 0 Å². The maximum Gasteiger partial charge on any atom is 0.257 e. The van der Waals surface area contributed by atoms with Gasteiger partial charge in [-0.15, -0.1) is 12.6 Å². The molecule has 0 heterocycles. The first kappa shape index (κ1) is 14.0. The highest BCUT2D eigenvalue weighted by atomic mass is 35.5. The fourth-order valence-electron chi connectivity index (χ4n) is 1.76. The average molecular weight is 292 g/mol. The molecule has 0 aliphatic rings. The van der Waals surface area contributed by atoms with Crippen LogP contribution in [0.3, 0.4) is 0 Å². The highest BCUT2D eigenvalue weighted by molar-refractivity contribution is 7.80. The van der Waals surface area contributed by atoms with E-state index in [0.717, 1.165) is 16.8 Å². The Morgan fingerprint density at radius 2 is 1.95 bits per heavy atom. The predicted molar refractivity (Wildman–Crippen MR) is 82.6 cm³/mol. The van der Waals surface area contributed by atoms with Gasteiger partial charge in [-0.3, -0.25) is 4.79 Å². The molecule has 2 nitrogen and oxygen atoms in total. The SMILES string of the molecule is Cc1cccc(NC(=O)c2cc(S)ccc2Cl)c1C. The van der Waals surface area contributed by atoms with E-state index in [-0.39, 0.29) is 5.91 Å². The molecule has 0 unspecified atom stereocenters. The van der Waals surface area contributed by atoms with Crippen LogP contribution in [0.15, 0.2) is 41.3 Å². The van der Waals surface area contributed by atoms with Crippen LogP contribution in [-0.4, -0.2) is 5.91 Å². The monoisotopic (exact) mass is 291 g/mol. The first-order chi connectivity index (χ1) is 8.99. The molecule has 98 valence electrons. The maximum atomic E-state index is 12.2. The van der Waals surface area contributed by atoms with Crippen LogP contribution >= 0.6 is 24.2 Å². The summed E-state index contributed by atoms with van der Waals surface area (Å²) in [5, 5.41) is 3.30. The second-order valence-corrected chi connectivity index (χ2v) is 5.29. The van der Waals surface area contributed by atoms with E-state index in [1.165, 1.54) is 0 Å². The summed E-state index contributed by atoms with van der Waals surface area (Å²) in [5.41, 5.74) is 3.40. The highest BCUT2D eigenvalue weighted by Crippen LogP contribution is 2.23. The second-order valence-electron chi connectivity index (χ2n) is 4.37. The summed E-state index contributed by atoms with van der Waals surface area (Å²) >= 11 is 10.3. The summed E-state index contributed by atoms with van der Waals surface area (Å²) in [5.74, 6) is -0.227. The summed E-state index contributed by atoms with van der Waals surface area (Å²) in [6.45, 7) is 3.98. The molecule has 0 aliphatic carbocycles. The second kappa shape index (κ2) is 5.68. The van der Waals surface area contributed by atoms with E-state index in [0.29, 0.717) is 15.5 Å². The summed E-state index contributed by atoms with van der Waals surface area (Å²) < 4.78 is 0. The average Bonchev–Trinajstić information content (AvgIpc) is 2.38. The number of aryl methyl sites for hydroxylation is 1. The van der Waals surface area contributed by atoms with Crippen molar-refractivity contribution in [2.24, 2.45) is 0 Å². The van der Waals surface area contributed by atoms with Gasteiger partial charge in [0, 0.05) is 10.6 Å². The van der Waals surface area contributed by atoms with Crippen LogP contribution in [0.5, 0.6) is 0 Å². The van der Waals surface area contributed by atoms with Gasteiger partial charge < -0.3 is 5.32 Å². The van der Waals surface area contributed by atoms with Gasteiger partial charge in [-0.25, -0.2) is 0 Å². The summed E-state index contributed by atoms with van der Waals surface area (Å²) in [4.78, 5) is 12.9. The number of hydrogen-bond acceptors (Lipinski definition) is 2. The maximum absolute atomic E-state index is 12.2. The van der Waals surface area contributed by atoms with Crippen molar-refractivity contribution in [3.63, 3.8) is 0 Å². The number of thiol groups is 1. The van der Waals surface area contributed by atoms with Crippen molar-refractivity contribution in [2.45, 2.75) is 18.7 Å². The smallest absolute Gasteiger partial charge is 0.257 e. The van der Waals surface area contributed by atoms with Gasteiger partial charge >= 0.3 is 0 Å². The minimum Gasteiger partial charge on any atom is -0.322 e. The molecule has 0 saturated carbocycles. The van der Waals surface area contributed by atoms with Crippen molar-refractivity contribution in [1.82, 2.24) is 0 Å². The zero-order valence-electron chi connectivity index (χ0n) is 10.7. The van der Waals surface area contributed by atoms with Crippen LogP contribution in [0.1, 0.15) is 21.5 Å². The van der Waals surface area contributed by atoms with Crippen molar-refractivity contribution in [3.8, 4) is 0 Å². The van der Waals surface area contributed by atoms with E-state index in [1.54, 1.807) is 18.2 Å². The van der Waals surface area contributed by atoms with E-state index in [4.69, 9.17) is 11.6 Å². The van der Waals surface area contributed by atoms with Crippen LogP contribution in [-0.2, 0) is 0 Å². The molecular formula is C15H14ClNOS. The molecule has 0 spiro atoms. The lowest BCUT2D eigenvalue weighted by molar-refractivity contribution is 0.102. The van der Waals surface area contributed by atoms with Gasteiger partial charge in [-0.2, -0.15) is 0 Å². The minimum absolute atomic E-state index is 0.227. The Labute approximate surface area is 123 Å². The van der Waals surface area contributed by atoms with E-state index < -0.39 is 0 Å². The highest BCUT2D eigenvalue weighted by Gasteiger charge is 2.12. The minimum atomic E-state index is -0.227. The van der Waals surface area contributed by atoms with Gasteiger partial charge in [-0.05, 0) is 49.2 Å². The lowest BCUT2D eigenvalue weighted by Crippen LogP contribution is -2.13. The van der Waals surface area contributed by atoms with E-state index in [9.17, 15) is 4.79 Å². The Morgan fingerprint density at radius 3 is 2.68 bits per heavy atom. The number of amides is 1. The normalized spacial score (nSPS) is 10.3. The van der Waals surface area contributed by atoms with E-state index in [2.05, 4.69) is 17.9 Å². The lowest BCUT2D eigenvalue weighted by Gasteiger charge is -2.11. The van der Waals surface area contributed by atoms with Gasteiger partial charge in [0.2, 0.25) is 0 Å². The fourth-order valence-corrected chi connectivity index (χ4v) is 2.17. The number of anilines is 1. The van der Waals surface area contributed by atoms with Crippen molar-refractivity contribution < 1.29 is 4.79 Å². The van der Waals surface area contributed by atoms with Gasteiger partial charge in [0.1, 0.15) is 0 Å². The van der Waals surface area contributed by atoms with E-state index >= 15 is 0 Å². The predicted octanol–water partition coefficient (Wildman–Crippen LogP) is 4.50. The standard InChI is InChI=1S/C15H14ClNOS/c1-9-4-3-5-14(10(9)2)17-15(18)12-8-11(19)6-7-13(12)16/h3-8,19H,1-2H3,(H,17,18). The summed E-state index contributed by atoms with van der Waals surface area (Å²) in [6, 6.07) is 10.9. The van der Waals surface area contributed by atoms with Gasteiger partial charge in [0.25, 0.3) is 5.91 Å². The molecular weight excluding hydrogens is 278 g/mol. The Morgan fingerprint density at radius 1 is 1.21 bits per heavy atom. The molecule has 2 aromatic carbocycles. The molecule has 2 aromatic rings. The van der Waals surface area contributed by atoms with Crippen LogP contribution in [0, 0.1) is 13.8 Å². The summed E-state index contributed by atoms with van der Waals surface area (Å²) in [6.07, 6.45) is 0. The molecule has 0 bridgehead atoms. The van der Waals surface area contributed by atoms with Crippen molar-refractivity contribution in [3.05, 3.63) is 58.1 Å².